The Morgan fingerprint density at radius 3 is 3.00 bits per heavy atom. The van der Waals surface area contributed by atoms with Crippen molar-refractivity contribution >= 4 is 15.9 Å². The zero-order valence-corrected chi connectivity index (χ0v) is 10.1. The fraction of sp³-hybridized carbons (Fsp3) is 0.600. The third-order valence-corrected chi connectivity index (χ3v) is 3.10. The molecule has 0 radical (unpaired) electrons. The second-order valence-electron chi connectivity index (χ2n) is 3.55. The van der Waals surface area contributed by atoms with Gasteiger partial charge in [-0.2, -0.15) is 0 Å². The molecule has 0 N–H and O–H groups in total. The SMILES string of the molecule is BrCC1CN(Cc2ncccn2)CCO1. The predicted molar refractivity (Wildman–Crippen MR) is 60.8 cm³/mol. The van der Waals surface area contributed by atoms with Crippen molar-refractivity contribution in [2.45, 2.75) is 12.6 Å². The minimum Gasteiger partial charge on any atom is -0.375 e. The third kappa shape index (κ3) is 3.22. The van der Waals surface area contributed by atoms with Gasteiger partial charge in [0, 0.05) is 30.8 Å². The average molecular weight is 272 g/mol. The van der Waals surface area contributed by atoms with Crippen LogP contribution in [0.5, 0.6) is 0 Å². The van der Waals surface area contributed by atoms with Gasteiger partial charge in [-0.15, -0.1) is 0 Å². The van der Waals surface area contributed by atoms with E-state index in [1.807, 2.05) is 6.07 Å². The van der Waals surface area contributed by atoms with E-state index in [4.69, 9.17) is 4.74 Å². The van der Waals surface area contributed by atoms with Crippen molar-refractivity contribution in [2.24, 2.45) is 0 Å². The Kier molecular flexibility index (Phi) is 4.05. The molecule has 0 amide bonds. The van der Waals surface area contributed by atoms with E-state index in [0.29, 0.717) is 6.10 Å². The summed E-state index contributed by atoms with van der Waals surface area (Å²) in [4.78, 5) is 10.8. The second kappa shape index (κ2) is 5.53. The molecule has 1 aliphatic rings. The molecule has 0 aliphatic carbocycles. The topological polar surface area (TPSA) is 38.2 Å². The fourth-order valence-corrected chi connectivity index (χ4v) is 2.02. The van der Waals surface area contributed by atoms with Gasteiger partial charge >= 0.3 is 0 Å². The van der Waals surface area contributed by atoms with Crippen molar-refractivity contribution in [3.63, 3.8) is 0 Å². The zero-order valence-electron chi connectivity index (χ0n) is 8.47. The molecule has 1 aromatic rings. The van der Waals surface area contributed by atoms with E-state index >= 15 is 0 Å². The van der Waals surface area contributed by atoms with Crippen LogP contribution in [0, 0.1) is 0 Å². The number of hydrogen-bond acceptors (Lipinski definition) is 4. The summed E-state index contributed by atoms with van der Waals surface area (Å²) in [6.07, 6.45) is 3.86. The van der Waals surface area contributed by atoms with E-state index in [2.05, 4.69) is 30.8 Å². The third-order valence-electron chi connectivity index (χ3n) is 2.38. The van der Waals surface area contributed by atoms with Crippen molar-refractivity contribution in [2.75, 3.05) is 25.0 Å². The summed E-state index contributed by atoms with van der Waals surface area (Å²) in [5, 5.41) is 0.888. The summed E-state index contributed by atoms with van der Waals surface area (Å²) >= 11 is 3.44. The van der Waals surface area contributed by atoms with Gasteiger partial charge in [0.15, 0.2) is 0 Å². The Morgan fingerprint density at radius 1 is 1.47 bits per heavy atom. The molecule has 4 nitrogen and oxygen atoms in total. The zero-order chi connectivity index (χ0) is 10.5. The molecule has 1 unspecified atom stereocenters. The van der Waals surface area contributed by atoms with Crippen molar-refractivity contribution in [3.8, 4) is 0 Å². The van der Waals surface area contributed by atoms with Gasteiger partial charge in [-0.25, -0.2) is 9.97 Å². The summed E-state index contributed by atoms with van der Waals surface area (Å²) < 4.78 is 5.57. The van der Waals surface area contributed by atoms with Gasteiger partial charge in [-0.1, -0.05) is 15.9 Å². The molecule has 82 valence electrons. The van der Waals surface area contributed by atoms with Crippen LogP contribution >= 0.6 is 15.9 Å². The van der Waals surface area contributed by atoms with Gasteiger partial charge < -0.3 is 4.74 Å². The minimum absolute atomic E-state index is 0.294. The van der Waals surface area contributed by atoms with Gasteiger partial charge in [-0.05, 0) is 6.07 Å². The summed E-state index contributed by atoms with van der Waals surface area (Å²) in [5.41, 5.74) is 0. The number of alkyl halides is 1. The second-order valence-corrected chi connectivity index (χ2v) is 4.19. The first kappa shape index (κ1) is 11.0. The standard InChI is InChI=1S/C10H14BrN3O/c11-6-9-7-14(4-5-15-9)8-10-12-2-1-3-13-10/h1-3,9H,4-8H2. The maximum atomic E-state index is 5.57. The predicted octanol–water partition coefficient (Wildman–Crippen LogP) is 1.07. The molecular formula is C10H14BrN3O. The maximum Gasteiger partial charge on any atom is 0.142 e. The van der Waals surface area contributed by atoms with E-state index in [-0.39, 0.29) is 0 Å². The Bertz CT molecular complexity index is 296. The van der Waals surface area contributed by atoms with Gasteiger partial charge in [0.05, 0.1) is 19.3 Å². The lowest BCUT2D eigenvalue weighted by Gasteiger charge is -2.31. The smallest absolute Gasteiger partial charge is 0.142 e. The van der Waals surface area contributed by atoms with Crippen LogP contribution in [0.4, 0.5) is 0 Å². The van der Waals surface area contributed by atoms with Crippen LogP contribution in [0.15, 0.2) is 18.5 Å². The highest BCUT2D eigenvalue weighted by Crippen LogP contribution is 2.09. The van der Waals surface area contributed by atoms with Gasteiger partial charge in [0.2, 0.25) is 0 Å². The summed E-state index contributed by atoms with van der Waals surface area (Å²) in [5.74, 6) is 0.882. The fourth-order valence-electron chi connectivity index (χ4n) is 1.63. The normalized spacial score (nSPS) is 22.9. The van der Waals surface area contributed by atoms with Crippen molar-refractivity contribution in [1.82, 2.24) is 14.9 Å². The van der Waals surface area contributed by atoms with Crippen LogP contribution in [0.2, 0.25) is 0 Å². The highest BCUT2D eigenvalue weighted by molar-refractivity contribution is 9.09. The van der Waals surface area contributed by atoms with Crippen LogP contribution in [-0.4, -0.2) is 46.0 Å². The quantitative estimate of drug-likeness (QED) is 0.772. The molecule has 1 fully saturated rings. The minimum atomic E-state index is 0.294. The van der Waals surface area contributed by atoms with Crippen molar-refractivity contribution < 1.29 is 4.74 Å². The molecule has 1 aliphatic heterocycles. The Morgan fingerprint density at radius 2 is 2.27 bits per heavy atom. The number of halogens is 1. The largest absolute Gasteiger partial charge is 0.375 e. The lowest BCUT2D eigenvalue weighted by atomic mass is 10.3. The van der Waals surface area contributed by atoms with Gasteiger partial charge in [-0.3, -0.25) is 4.90 Å². The molecule has 5 heteroatoms. The Balaban J connectivity index is 1.89. The molecule has 0 aromatic carbocycles. The number of rotatable bonds is 3. The van der Waals surface area contributed by atoms with E-state index in [0.717, 1.165) is 37.4 Å². The molecule has 2 heterocycles. The number of nitrogens with zero attached hydrogens (tertiary/aromatic N) is 3. The first-order valence-electron chi connectivity index (χ1n) is 5.04. The lowest BCUT2D eigenvalue weighted by Crippen LogP contribution is -2.42. The van der Waals surface area contributed by atoms with E-state index in [9.17, 15) is 0 Å². The molecule has 1 aromatic heterocycles. The number of ether oxygens (including phenoxy) is 1. The number of hydrogen-bond donors (Lipinski definition) is 0. The molecule has 15 heavy (non-hydrogen) atoms. The molecular weight excluding hydrogens is 258 g/mol. The van der Waals surface area contributed by atoms with Crippen molar-refractivity contribution in [3.05, 3.63) is 24.3 Å². The lowest BCUT2D eigenvalue weighted by molar-refractivity contribution is -0.0189. The van der Waals surface area contributed by atoms with Gasteiger partial charge in [0.1, 0.15) is 5.82 Å². The number of morpholine rings is 1. The molecule has 1 atom stereocenters. The molecule has 0 bridgehead atoms. The van der Waals surface area contributed by atoms with Crippen LogP contribution < -0.4 is 0 Å². The van der Waals surface area contributed by atoms with E-state index < -0.39 is 0 Å². The number of aromatic nitrogens is 2. The van der Waals surface area contributed by atoms with Crippen LogP contribution in [0.25, 0.3) is 0 Å². The first-order valence-corrected chi connectivity index (χ1v) is 6.16. The first-order chi connectivity index (χ1) is 7.38. The highest BCUT2D eigenvalue weighted by atomic mass is 79.9. The van der Waals surface area contributed by atoms with Crippen LogP contribution in [0.3, 0.4) is 0 Å². The summed E-state index contributed by atoms with van der Waals surface area (Å²) in [7, 11) is 0. The monoisotopic (exact) mass is 271 g/mol. The molecule has 0 spiro atoms. The summed E-state index contributed by atoms with van der Waals surface area (Å²) in [6, 6.07) is 1.84. The van der Waals surface area contributed by atoms with E-state index in [1.165, 1.54) is 0 Å². The van der Waals surface area contributed by atoms with Crippen LogP contribution in [0.1, 0.15) is 5.82 Å². The average Bonchev–Trinajstić information content (AvgIpc) is 2.31. The Hall–Kier alpha value is -0.520. The molecule has 2 rings (SSSR count). The molecule has 0 saturated carbocycles. The Labute approximate surface area is 97.8 Å². The molecule has 1 saturated heterocycles. The van der Waals surface area contributed by atoms with E-state index in [1.54, 1.807) is 12.4 Å². The van der Waals surface area contributed by atoms with Crippen molar-refractivity contribution in [1.29, 1.82) is 0 Å². The summed E-state index contributed by atoms with van der Waals surface area (Å²) in [6.45, 7) is 3.52. The highest BCUT2D eigenvalue weighted by Gasteiger charge is 2.19. The van der Waals surface area contributed by atoms with Crippen LogP contribution in [-0.2, 0) is 11.3 Å². The van der Waals surface area contributed by atoms with Gasteiger partial charge in [0.25, 0.3) is 0 Å². The maximum absolute atomic E-state index is 5.57.